The topological polar surface area (TPSA) is 87.3 Å². The molecular formula is C18H16ClN3O3. The molecular weight excluding hydrogens is 342 g/mol. The first kappa shape index (κ1) is 17.0. The number of benzene rings is 2. The molecule has 0 aliphatic carbocycles. The van der Waals surface area contributed by atoms with Crippen LogP contribution in [0.1, 0.15) is 22.3 Å². The summed E-state index contributed by atoms with van der Waals surface area (Å²) in [7, 11) is 0. The maximum Gasteiger partial charge on any atom is 0.254 e. The Kier molecular flexibility index (Phi) is 4.72. The van der Waals surface area contributed by atoms with E-state index in [0.717, 1.165) is 5.56 Å². The molecule has 0 fully saturated rings. The van der Waals surface area contributed by atoms with Crippen LogP contribution in [0.4, 0.5) is 11.4 Å². The Hall–Kier alpha value is -2.86. The highest BCUT2D eigenvalue weighted by molar-refractivity contribution is 6.31. The summed E-state index contributed by atoms with van der Waals surface area (Å²) in [5.41, 5.74) is 2.10. The lowest BCUT2D eigenvalue weighted by atomic mass is 10.1. The van der Waals surface area contributed by atoms with Crippen LogP contribution in [0, 0.1) is 6.92 Å². The van der Waals surface area contributed by atoms with E-state index in [1.165, 1.54) is 0 Å². The zero-order valence-electron chi connectivity index (χ0n) is 13.4. The zero-order valence-corrected chi connectivity index (χ0v) is 14.2. The summed E-state index contributed by atoms with van der Waals surface area (Å²) >= 11 is 6.03. The lowest BCUT2D eigenvalue weighted by Crippen LogP contribution is -2.43. The lowest BCUT2D eigenvalue weighted by molar-refractivity contribution is -0.122. The molecule has 3 N–H and O–H groups in total. The fraction of sp³-hybridized carbons (Fsp3) is 0.167. The second-order valence-electron chi connectivity index (χ2n) is 5.73. The molecule has 7 heteroatoms. The number of fused-ring (bicyclic) bond motifs is 1. The summed E-state index contributed by atoms with van der Waals surface area (Å²) in [6, 6.07) is 10.9. The Morgan fingerprint density at radius 1 is 1.16 bits per heavy atom. The summed E-state index contributed by atoms with van der Waals surface area (Å²) in [5, 5.41) is 8.52. The van der Waals surface area contributed by atoms with E-state index in [1.807, 2.05) is 0 Å². The number of carbonyl (C=O) groups excluding carboxylic acids is 3. The van der Waals surface area contributed by atoms with Crippen molar-refractivity contribution in [1.29, 1.82) is 0 Å². The fourth-order valence-corrected chi connectivity index (χ4v) is 2.76. The van der Waals surface area contributed by atoms with Crippen molar-refractivity contribution < 1.29 is 14.4 Å². The van der Waals surface area contributed by atoms with Gasteiger partial charge in [0.25, 0.3) is 5.91 Å². The molecule has 0 saturated carbocycles. The molecule has 1 atom stereocenters. The summed E-state index contributed by atoms with van der Waals surface area (Å²) in [5.74, 6) is -1.22. The SMILES string of the molecule is Cc1c(Cl)cccc1NC(=O)CC1NC(=O)c2ccccc2NC1=O. The number of nitrogens with one attached hydrogen (secondary N) is 3. The van der Waals surface area contributed by atoms with E-state index in [-0.39, 0.29) is 6.42 Å². The van der Waals surface area contributed by atoms with Gasteiger partial charge in [0.15, 0.2) is 0 Å². The van der Waals surface area contributed by atoms with Gasteiger partial charge in [-0.3, -0.25) is 14.4 Å². The first-order chi connectivity index (χ1) is 12.0. The molecule has 2 aromatic carbocycles. The van der Waals surface area contributed by atoms with E-state index >= 15 is 0 Å². The number of amides is 3. The van der Waals surface area contributed by atoms with Crippen molar-refractivity contribution in [3.8, 4) is 0 Å². The summed E-state index contributed by atoms with van der Waals surface area (Å²) in [6.07, 6.45) is -0.183. The molecule has 0 spiro atoms. The number of hydrogen-bond acceptors (Lipinski definition) is 3. The Labute approximate surface area is 149 Å². The predicted molar refractivity (Wildman–Crippen MR) is 95.8 cm³/mol. The van der Waals surface area contributed by atoms with Crippen molar-refractivity contribution in [2.24, 2.45) is 0 Å². The largest absolute Gasteiger partial charge is 0.340 e. The predicted octanol–water partition coefficient (Wildman–Crippen LogP) is 2.73. The molecule has 0 bridgehead atoms. The second-order valence-corrected chi connectivity index (χ2v) is 6.13. The van der Waals surface area contributed by atoms with Crippen LogP contribution in [0.25, 0.3) is 0 Å². The molecule has 1 heterocycles. The number of anilines is 2. The quantitative estimate of drug-likeness (QED) is 0.789. The molecule has 1 unspecified atom stereocenters. The Balaban J connectivity index is 1.72. The minimum atomic E-state index is -0.959. The van der Waals surface area contributed by atoms with Crippen molar-refractivity contribution in [2.45, 2.75) is 19.4 Å². The van der Waals surface area contributed by atoms with Gasteiger partial charge in [0.2, 0.25) is 11.8 Å². The van der Waals surface area contributed by atoms with Crippen LogP contribution in [-0.2, 0) is 9.59 Å². The first-order valence-electron chi connectivity index (χ1n) is 7.71. The van der Waals surface area contributed by atoms with Crippen LogP contribution < -0.4 is 16.0 Å². The van der Waals surface area contributed by atoms with Crippen LogP contribution in [0.15, 0.2) is 42.5 Å². The molecule has 25 heavy (non-hydrogen) atoms. The minimum Gasteiger partial charge on any atom is -0.340 e. The van der Waals surface area contributed by atoms with Crippen molar-refractivity contribution in [2.75, 3.05) is 10.6 Å². The van der Waals surface area contributed by atoms with Crippen molar-refractivity contribution >= 4 is 40.7 Å². The van der Waals surface area contributed by atoms with Gasteiger partial charge in [-0.1, -0.05) is 29.8 Å². The fourth-order valence-electron chi connectivity index (χ4n) is 2.58. The van der Waals surface area contributed by atoms with Gasteiger partial charge in [-0.2, -0.15) is 0 Å². The molecule has 2 aromatic rings. The molecule has 1 aliphatic heterocycles. The highest BCUT2D eigenvalue weighted by Crippen LogP contribution is 2.23. The number of hydrogen-bond donors (Lipinski definition) is 3. The van der Waals surface area contributed by atoms with Gasteiger partial charge >= 0.3 is 0 Å². The second kappa shape index (κ2) is 6.94. The zero-order chi connectivity index (χ0) is 18.0. The molecule has 6 nitrogen and oxygen atoms in total. The summed E-state index contributed by atoms with van der Waals surface area (Å²) < 4.78 is 0. The van der Waals surface area contributed by atoms with E-state index in [9.17, 15) is 14.4 Å². The molecule has 3 amide bonds. The van der Waals surface area contributed by atoms with E-state index in [0.29, 0.717) is 22.0 Å². The monoisotopic (exact) mass is 357 g/mol. The summed E-state index contributed by atoms with van der Waals surface area (Å²) in [4.78, 5) is 36.8. The van der Waals surface area contributed by atoms with Crippen molar-refractivity contribution in [3.05, 3.63) is 58.6 Å². The standard InChI is InChI=1S/C18H16ClN3O3/c1-10-12(19)6-4-8-13(10)20-16(23)9-15-18(25)21-14-7-3-2-5-11(14)17(24)22-15/h2-8,15H,9H2,1H3,(H,20,23)(H,21,25)(H,22,24). The average molecular weight is 358 g/mol. The van der Waals surface area contributed by atoms with E-state index in [2.05, 4.69) is 16.0 Å². The average Bonchev–Trinajstić information content (AvgIpc) is 2.69. The third-order valence-corrected chi connectivity index (χ3v) is 4.39. The molecule has 3 rings (SSSR count). The molecule has 0 aromatic heterocycles. The van der Waals surface area contributed by atoms with Crippen molar-refractivity contribution in [1.82, 2.24) is 5.32 Å². The Morgan fingerprint density at radius 3 is 2.72 bits per heavy atom. The Morgan fingerprint density at radius 2 is 1.92 bits per heavy atom. The van der Waals surface area contributed by atoms with Crippen LogP contribution in [0.2, 0.25) is 5.02 Å². The lowest BCUT2D eigenvalue weighted by Gasteiger charge is -2.15. The van der Waals surface area contributed by atoms with Crippen molar-refractivity contribution in [3.63, 3.8) is 0 Å². The van der Waals surface area contributed by atoms with Gasteiger partial charge in [-0.25, -0.2) is 0 Å². The molecule has 128 valence electrons. The van der Waals surface area contributed by atoms with E-state index < -0.39 is 23.8 Å². The van der Waals surface area contributed by atoms with Gasteiger partial charge in [-0.15, -0.1) is 0 Å². The summed E-state index contributed by atoms with van der Waals surface area (Å²) in [6.45, 7) is 1.79. The van der Waals surface area contributed by atoms with Crippen LogP contribution in [0.5, 0.6) is 0 Å². The first-order valence-corrected chi connectivity index (χ1v) is 8.09. The smallest absolute Gasteiger partial charge is 0.254 e. The van der Waals surface area contributed by atoms with E-state index in [1.54, 1.807) is 49.4 Å². The van der Waals surface area contributed by atoms with Crippen LogP contribution in [0.3, 0.4) is 0 Å². The molecule has 1 aliphatic rings. The Bertz CT molecular complexity index is 866. The van der Waals surface area contributed by atoms with Gasteiger partial charge in [0.05, 0.1) is 17.7 Å². The molecule has 0 radical (unpaired) electrons. The normalized spacial score (nSPS) is 16.3. The highest BCUT2D eigenvalue weighted by Gasteiger charge is 2.29. The number of para-hydroxylation sites is 1. The van der Waals surface area contributed by atoms with Gasteiger partial charge in [0.1, 0.15) is 6.04 Å². The number of halogens is 1. The van der Waals surface area contributed by atoms with Gasteiger partial charge in [0, 0.05) is 10.7 Å². The number of carbonyl (C=O) groups is 3. The number of rotatable bonds is 3. The van der Waals surface area contributed by atoms with E-state index in [4.69, 9.17) is 11.6 Å². The van der Waals surface area contributed by atoms with Gasteiger partial charge in [-0.05, 0) is 36.8 Å². The minimum absolute atomic E-state index is 0.183. The third kappa shape index (κ3) is 3.64. The van der Waals surface area contributed by atoms with Crippen LogP contribution in [-0.4, -0.2) is 23.8 Å². The highest BCUT2D eigenvalue weighted by atomic mass is 35.5. The maximum atomic E-state index is 12.3. The maximum absolute atomic E-state index is 12.3. The third-order valence-electron chi connectivity index (χ3n) is 3.98. The molecule has 0 saturated heterocycles. The van der Waals surface area contributed by atoms with Gasteiger partial charge < -0.3 is 16.0 Å². The van der Waals surface area contributed by atoms with Crippen LogP contribution >= 0.6 is 11.6 Å².